The fraction of sp³-hybridized carbons (Fsp3) is 0.182. The molecule has 0 unspecified atom stereocenters. The maximum absolute atomic E-state index is 12.3. The molecule has 0 aliphatic carbocycles. The van der Waals surface area contributed by atoms with E-state index in [0.29, 0.717) is 0 Å². The van der Waals surface area contributed by atoms with Crippen LogP contribution in [-0.2, 0) is 6.18 Å². The molecule has 0 aliphatic heterocycles. The van der Waals surface area contributed by atoms with Crippen LogP contribution in [-0.4, -0.2) is 15.9 Å². The number of nitrogens with zero attached hydrogens (tertiary/aromatic N) is 2. The van der Waals surface area contributed by atoms with Gasteiger partial charge in [0.2, 0.25) is 0 Å². The molecule has 0 radical (unpaired) electrons. The summed E-state index contributed by atoms with van der Waals surface area (Å²) in [5.74, 6) is -0.546. The number of rotatable bonds is 2. The Bertz CT molecular complexity index is 592. The normalized spacial score (nSPS) is 11.4. The number of pyridine rings is 1. The lowest BCUT2D eigenvalue weighted by molar-refractivity contribution is -0.140. The minimum absolute atomic E-state index is 0.0992. The predicted molar refractivity (Wildman–Crippen MR) is 64.0 cm³/mol. The van der Waals surface area contributed by atoms with E-state index in [2.05, 4.69) is 15.3 Å². The summed E-state index contributed by atoms with van der Waals surface area (Å²) in [7, 11) is 0. The van der Waals surface area contributed by atoms with Gasteiger partial charge in [-0.25, -0.2) is 4.98 Å². The summed E-state index contributed by atoms with van der Waals surface area (Å²) in [6.07, 6.45) is -3.16. The van der Waals surface area contributed by atoms with E-state index in [-0.39, 0.29) is 10.7 Å². The van der Waals surface area contributed by atoms with Crippen molar-refractivity contribution in [3.05, 3.63) is 40.7 Å². The van der Waals surface area contributed by atoms with Crippen LogP contribution in [0.3, 0.4) is 0 Å². The molecule has 1 amide bonds. The van der Waals surface area contributed by atoms with E-state index in [0.717, 1.165) is 22.4 Å². The van der Waals surface area contributed by atoms with Gasteiger partial charge in [-0.2, -0.15) is 13.2 Å². The minimum atomic E-state index is -4.51. The molecule has 0 spiro atoms. The highest BCUT2D eigenvalue weighted by Crippen LogP contribution is 2.31. The van der Waals surface area contributed by atoms with Gasteiger partial charge < -0.3 is 0 Å². The lowest BCUT2D eigenvalue weighted by atomic mass is 10.2. The first-order valence-corrected chi connectivity index (χ1v) is 6.01. The maximum atomic E-state index is 12.3. The molecule has 0 aliphatic rings. The van der Waals surface area contributed by atoms with Crippen molar-refractivity contribution >= 4 is 22.4 Å². The number of aromatic nitrogens is 2. The van der Waals surface area contributed by atoms with Crippen LogP contribution in [0.2, 0.25) is 0 Å². The molecule has 100 valence electrons. The van der Waals surface area contributed by atoms with Gasteiger partial charge in [-0.1, -0.05) is 0 Å². The Balaban J connectivity index is 2.11. The van der Waals surface area contributed by atoms with Gasteiger partial charge in [-0.05, 0) is 19.1 Å². The highest BCUT2D eigenvalue weighted by Gasteiger charge is 2.33. The van der Waals surface area contributed by atoms with Crippen molar-refractivity contribution in [3.63, 3.8) is 0 Å². The molecule has 2 aromatic heterocycles. The van der Waals surface area contributed by atoms with Crippen molar-refractivity contribution in [1.82, 2.24) is 9.97 Å². The van der Waals surface area contributed by atoms with Gasteiger partial charge in [0.05, 0.1) is 5.56 Å². The van der Waals surface area contributed by atoms with Gasteiger partial charge in [0.15, 0.2) is 10.8 Å². The first-order chi connectivity index (χ1) is 8.86. The number of alkyl halides is 3. The number of nitrogens with one attached hydrogen (secondary N) is 1. The number of carbonyl (C=O) groups is 1. The second kappa shape index (κ2) is 4.96. The number of hydrogen-bond donors (Lipinski definition) is 1. The molecule has 2 aromatic rings. The van der Waals surface area contributed by atoms with Crippen LogP contribution in [0.25, 0.3) is 0 Å². The molecule has 0 atom stereocenters. The van der Waals surface area contributed by atoms with E-state index < -0.39 is 17.8 Å². The topological polar surface area (TPSA) is 54.9 Å². The standard InChI is InChI=1S/C11H8F3N3OS/c1-6-2-3-7(4-15-6)9(18)17-10-16-8(5-19-10)11(12,13)14/h2-5H,1H3,(H,16,17,18). The number of carbonyl (C=O) groups excluding carboxylic acids is 1. The van der Waals surface area contributed by atoms with Crippen LogP contribution < -0.4 is 5.32 Å². The summed E-state index contributed by atoms with van der Waals surface area (Å²) >= 11 is 0.719. The first kappa shape index (κ1) is 13.5. The third-order valence-corrected chi connectivity index (χ3v) is 2.95. The zero-order valence-electron chi connectivity index (χ0n) is 9.65. The minimum Gasteiger partial charge on any atom is -0.298 e. The molecule has 0 aromatic carbocycles. The van der Waals surface area contributed by atoms with E-state index in [1.165, 1.54) is 12.3 Å². The average Bonchev–Trinajstić information content (AvgIpc) is 2.78. The summed E-state index contributed by atoms with van der Waals surface area (Å²) in [4.78, 5) is 19.0. The van der Waals surface area contributed by atoms with E-state index in [9.17, 15) is 18.0 Å². The van der Waals surface area contributed by atoms with Crippen LogP contribution in [0.4, 0.5) is 18.3 Å². The van der Waals surface area contributed by atoms with Crippen molar-refractivity contribution in [2.45, 2.75) is 13.1 Å². The third kappa shape index (κ3) is 3.28. The first-order valence-electron chi connectivity index (χ1n) is 5.13. The number of thiazole rings is 1. The number of hydrogen-bond acceptors (Lipinski definition) is 4. The Morgan fingerprint density at radius 1 is 1.37 bits per heavy atom. The molecule has 0 fully saturated rings. The monoisotopic (exact) mass is 287 g/mol. The average molecular weight is 287 g/mol. The smallest absolute Gasteiger partial charge is 0.298 e. The van der Waals surface area contributed by atoms with Crippen molar-refractivity contribution < 1.29 is 18.0 Å². The Labute approximate surface area is 110 Å². The van der Waals surface area contributed by atoms with E-state index in [1.54, 1.807) is 13.0 Å². The Kier molecular flexibility index (Phi) is 3.52. The molecule has 8 heteroatoms. The number of aryl methyl sites for hydroxylation is 1. The lowest BCUT2D eigenvalue weighted by Gasteiger charge is -2.02. The molecule has 2 heterocycles. The van der Waals surface area contributed by atoms with Gasteiger partial charge in [0.1, 0.15) is 0 Å². The molecular weight excluding hydrogens is 279 g/mol. The molecule has 19 heavy (non-hydrogen) atoms. The van der Waals surface area contributed by atoms with E-state index in [1.807, 2.05) is 0 Å². The lowest BCUT2D eigenvalue weighted by Crippen LogP contribution is -2.13. The number of halogens is 3. The summed E-state index contributed by atoms with van der Waals surface area (Å²) in [5, 5.41) is 3.05. The molecule has 2 rings (SSSR count). The highest BCUT2D eigenvalue weighted by atomic mass is 32.1. The molecular formula is C11H8F3N3OS. The van der Waals surface area contributed by atoms with Gasteiger partial charge in [-0.15, -0.1) is 11.3 Å². The van der Waals surface area contributed by atoms with Gasteiger partial charge in [0, 0.05) is 17.3 Å². The fourth-order valence-corrected chi connectivity index (χ4v) is 1.95. The summed E-state index contributed by atoms with van der Waals surface area (Å²) in [6.45, 7) is 1.76. The zero-order valence-corrected chi connectivity index (χ0v) is 10.5. The van der Waals surface area contributed by atoms with Gasteiger partial charge in [0.25, 0.3) is 5.91 Å². The number of anilines is 1. The molecule has 0 saturated heterocycles. The third-order valence-electron chi connectivity index (χ3n) is 2.19. The summed E-state index contributed by atoms with van der Waals surface area (Å²) < 4.78 is 37.0. The van der Waals surface area contributed by atoms with Crippen LogP contribution in [0, 0.1) is 6.92 Å². The zero-order chi connectivity index (χ0) is 14.0. The van der Waals surface area contributed by atoms with Crippen LogP contribution >= 0.6 is 11.3 Å². The summed E-state index contributed by atoms with van der Waals surface area (Å²) in [6, 6.07) is 3.17. The Morgan fingerprint density at radius 2 is 2.11 bits per heavy atom. The summed E-state index contributed by atoms with van der Waals surface area (Å²) in [5.41, 5.74) is -0.0191. The largest absolute Gasteiger partial charge is 0.434 e. The Hall–Kier alpha value is -1.96. The molecule has 4 nitrogen and oxygen atoms in total. The molecule has 1 N–H and O–H groups in total. The van der Waals surface area contributed by atoms with Gasteiger partial charge >= 0.3 is 6.18 Å². The highest BCUT2D eigenvalue weighted by molar-refractivity contribution is 7.14. The van der Waals surface area contributed by atoms with E-state index >= 15 is 0 Å². The van der Waals surface area contributed by atoms with Crippen LogP contribution in [0.1, 0.15) is 21.7 Å². The second-order valence-electron chi connectivity index (χ2n) is 3.68. The van der Waals surface area contributed by atoms with Crippen LogP contribution in [0.15, 0.2) is 23.7 Å². The van der Waals surface area contributed by atoms with Crippen molar-refractivity contribution in [2.24, 2.45) is 0 Å². The van der Waals surface area contributed by atoms with E-state index in [4.69, 9.17) is 0 Å². The molecule has 0 saturated carbocycles. The van der Waals surface area contributed by atoms with Crippen molar-refractivity contribution in [3.8, 4) is 0 Å². The van der Waals surface area contributed by atoms with Gasteiger partial charge in [-0.3, -0.25) is 15.1 Å². The maximum Gasteiger partial charge on any atom is 0.434 e. The quantitative estimate of drug-likeness (QED) is 0.923. The Morgan fingerprint density at radius 3 is 2.63 bits per heavy atom. The molecule has 0 bridgehead atoms. The number of amides is 1. The SMILES string of the molecule is Cc1ccc(C(=O)Nc2nc(C(F)(F)F)cs2)cn1. The fourth-order valence-electron chi connectivity index (χ4n) is 1.23. The van der Waals surface area contributed by atoms with Crippen molar-refractivity contribution in [1.29, 1.82) is 0 Å². The second-order valence-corrected chi connectivity index (χ2v) is 4.54. The van der Waals surface area contributed by atoms with Crippen molar-refractivity contribution in [2.75, 3.05) is 5.32 Å². The van der Waals surface area contributed by atoms with Crippen LogP contribution in [0.5, 0.6) is 0 Å². The predicted octanol–water partition coefficient (Wildman–Crippen LogP) is 3.12.